The fourth-order valence-corrected chi connectivity index (χ4v) is 2.55. The molecule has 0 aromatic carbocycles. The van der Waals surface area contributed by atoms with Crippen molar-refractivity contribution in [3.8, 4) is 0 Å². The molecule has 1 fully saturated rings. The largest absolute Gasteiger partial charge is 0.390 e. The van der Waals surface area contributed by atoms with Crippen LogP contribution in [0.3, 0.4) is 0 Å². The highest BCUT2D eigenvalue weighted by Crippen LogP contribution is 2.25. The van der Waals surface area contributed by atoms with Crippen LogP contribution in [-0.4, -0.2) is 23.8 Å². The predicted molar refractivity (Wildman–Crippen MR) is 69.7 cm³/mol. The predicted octanol–water partition coefficient (Wildman–Crippen LogP) is 3.24. The van der Waals surface area contributed by atoms with E-state index < -0.39 is 0 Å². The lowest BCUT2D eigenvalue weighted by atomic mass is 9.87. The Morgan fingerprint density at radius 1 is 0.938 bits per heavy atom. The van der Waals surface area contributed by atoms with Crippen molar-refractivity contribution in [1.29, 1.82) is 0 Å². The first-order chi connectivity index (χ1) is 7.77. The SMILES string of the molecule is CCCCCCCCCC1(O)CCNCC1. The third-order valence-corrected chi connectivity index (χ3v) is 3.78. The summed E-state index contributed by atoms with van der Waals surface area (Å²) in [5.74, 6) is 0. The Balaban J connectivity index is 1.93. The number of aliphatic hydroxyl groups is 1. The van der Waals surface area contributed by atoms with E-state index in [1.807, 2.05) is 0 Å². The Bertz CT molecular complexity index is 164. The quantitative estimate of drug-likeness (QED) is 0.624. The maximum absolute atomic E-state index is 10.3. The lowest BCUT2D eigenvalue weighted by Crippen LogP contribution is -2.41. The third-order valence-electron chi connectivity index (χ3n) is 3.78. The number of nitrogens with one attached hydrogen (secondary N) is 1. The second-order valence-corrected chi connectivity index (χ2v) is 5.35. The van der Waals surface area contributed by atoms with Crippen molar-refractivity contribution in [2.75, 3.05) is 13.1 Å². The monoisotopic (exact) mass is 227 g/mol. The van der Waals surface area contributed by atoms with E-state index in [9.17, 15) is 5.11 Å². The molecule has 0 aromatic heterocycles. The fourth-order valence-electron chi connectivity index (χ4n) is 2.55. The Morgan fingerprint density at radius 3 is 2.12 bits per heavy atom. The van der Waals surface area contributed by atoms with Crippen molar-refractivity contribution in [3.05, 3.63) is 0 Å². The summed E-state index contributed by atoms with van der Waals surface area (Å²) in [4.78, 5) is 0. The highest BCUT2D eigenvalue weighted by atomic mass is 16.3. The summed E-state index contributed by atoms with van der Waals surface area (Å²) in [6.07, 6.45) is 12.3. The van der Waals surface area contributed by atoms with Gasteiger partial charge in [0.2, 0.25) is 0 Å². The molecule has 2 heteroatoms. The van der Waals surface area contributed by atoms with Crippen LogP contribution in [-0.2, 0) is 0 Å². The Kier molecular flexibility index (Phi) is 7.06. The second-order valence-electron chi connectivity index (χ2n) is 5.35. The van der Waals surface area contributed by atoms with E-state index in [0.717, 1.165) is 32.4 Å². The zero-order chi connectivity index (χ0) is 11.7. The van der Waals surface area contributed by atoms with Crippen LogP contribution in [0.1, 0.15) is 71.1 Å². The maximum Gasteiger partial charge on any atom is 0.0672 e. The molecule has 0 atom stereocenters. The molecule has 1 saturated heterocycles. The zero-order valence-corrected chi connectivity index (χ0v) is 10.9. The molecule has 0 amide bonds. The lowest BCUT2D eigenvalue weighted by Gasteiger charge is -2.32. The van der Waals surface area contributed by atoms with Crippen molar-refractivity contribution >= 4 is 0 Å². The minimum Gasteiger partial charge on any atom is -0.390 e. The van der Waals surface area contributed by atoms with Crippen LogP contribution >= 0.6 is 0 Å². The summed E-state index contributed by atoms with van der Waals surface area (Å²) in [7, 11) is 0. The Morgan fingerprint density at radius 2 is 1.50 bits per heavy atom. The molecule has 2 N–H and O–H groups in total. The molecule has 0 bridgehead atoms. The summed E-state index contributed by atoms with van der Waals surface area (Å²) in [6, 6.07) is 0. The van der Waals surface area contributed by atoms with E-state index in [0.29, 0.717) is 0 Å². The summed E-state index contributed by atoms with van der Waals surface area (Å²) in [6.45, 7) is 4.24. The van der Waals surface area contributed by atoms with Gasteiger partial charge in [0.1, 0.15) is 0 Å². The highest BCUT2D eigenvalue weighted by molar-refractivity contribution is 4.83. The van der Waals surface area contributed by atoms with Crippen LogP contribution < -0.4 is 5.32 Å². The van der Waals surface area contributed by atoms with Gasteiger partial charge in [-0.2, -0.15) is 0 Å². The van der Waals surface area contributed by atoms with Gasteiger partial charge in [0.25, 0.3) is 0 Å². The summed E-state index contributed by atoms with van der Waals surface area (Å²) >= 11 is 0. The van der Waals surface area contributed by atoms with Crippen molar-refractivity contribution in [2.45, 2.75) is 76.7 Å². The van der Waals surface area contributed by atoms with Crippen molar-refractivity contribution < 1.29 is 5.11 Å². The molecule has 1 heterocycles. The average Bonchev–Trinajstić information content (AvgIpc) is 2.29. The standard InChI is InChI=1S/C14H29NO/c1-2-3-4-5-6-7-8-9-14(16)10-12-15-13-11-14/h15-16H,2-13H2,1H3. The Labute approximate surface area is 101 Å². The Hall–Kier alpha value is -0.0800. The van der Waals surface area contributed by atoms with Gasteiger partial charge in [0.05, 0.1) is 5.60 Å². The van der Waals surface area contributed by atoms with E-state index in [1.165, 1.54) is 44.9 Å². The molecule has 0 radical (unpaired) electrons. The first-order valence-corrected chi connectivity index (χ1v) is 7.20. The molecule has 96 valence electrons. The summed E-state index contributed by atoms with van der Waals surface area (Å²) in [5, 5.41) is 13.6. The van der Waals surface area contributed by atoms with Crippen LogP contribution in [0.4, 0.5) is 0 Å². The highest BCUT2D eigenvalue weighted by Gasteiger charge is 2.27. The van der Waals surface area contributed by atoms with E-state index in [4.69, 9.17) is 0 Å². The molecular formula is C14H29NO. The fraction of sp³-hybridized carbons (Fsp3) is 1.00. The van der Waals surface area contributed by atoms with E-state index in [-0.39, 0.29) is 5.60 Å². The third kappa shape index (κ3) is 5.86. The van der Waals surface area contributed by atoms with E-state index in [2.05, 4.69) is 12.2 Å². The minimum atomic E-state index is -0.339. The first kappa shape index (κ1) is 14.0. The molecule has 1 rings (SSSR count). The molecule has 2 nitrogen and oxygen atoms in total. The van der Waals surface area contributed by atoms with Gasteiger partial charge in [0, 0.05) is 0 Å². The molecule has 0 unspecified atom stereocenters. The number of hydrogen-bond donors (Lipinski definition) is 2. The lowest BCUT2D eigenvalue weighted by molar-refractivity contribution is 0.000287. The molecule has 0 saturated carbocycles. The number of unbranched alkanes of at least 4 members (excludes halogenated alkanes) is 6. The van der Waals surface area contributed by atoms with Gasteiger partial charge in [-0.15, -0.1) is 0 Å². The maximum atomic E-state index is 10.3. The van der Waals surface area contributed by atoms with Crippen molar-refractivity contribution in [3.63, 3.8) is 0 Å². The van der Waals surface area contributed by atoms with Crippen LogP contribution in [0.25, 0.3) is 0 Å². The average molecular weight is 227 g/mol. The van der Waals surface area contributed by atoms with Gasteiger partial charge in [-0.1, -0.05) is 51.9 Å². The van der Waals surface area contributed by atoms with Crippen LogP contribution in [0, 0.1) is 0 Å². The van der Waals surface area contributed by atoms with Crippen LogP contribution in [0.5, 0.6) is 0 Å². The van der Waals surface area contributed by atoms with Crippen molar-refractivity contribution in [2.24, 2.45) is 0 Å². The summed E-state index contributed by atoms with van der Waals surface area (Å²) in [5.41, 5.74) is -0.339. The topological polar surface area (TPSA) is 32.3 Å². The minimum absolute atomic E-state index is 0.339. The zero-order valence-electron chi connectivity index (χ0n) is 10.9. The molecule has 1 aliphatic heterocycles. The number of piperidine rings is 1. The normalized spacial score (nSPS) is 19.9. The van der Waals surface area contributed by atoms with E-state index in [1.54, 1.807) is 0 Å². The van der Waals surface area contributed by atoms with Crippen LogP contribution in [0.15, 0.2) is 0 Å². The molecular weight excluding hydrogens is 198 g/mol. The second kappa shape index (κ2) is 8.08. The molecule has 16 heavy (non-hydrogen) atoms. The number of rotatable bonds is 8. The molecule has 0 aromatic rings. The van der Waals surface area contributed by atoms with Gasteiger partial charge in [-0.05, 0) is 32.4 Å². The molecule has 0 aliphatic carbocycles. The van der Waals surface area contributed by atoms with Gasteiger partial charge < -0.3 is 10.4 Å². The van der Waals surface area contributed by atoms with Gasteiger partial charge in [-0.25, -0.2) is 0 Å². The first-order valence-electron chi connectivity index (χ1n) is 7.20. The van der Waals surface area contributed by atoms with Gasteiger partial charge in [-0.3, -0.25) is 0 Å². The molecule has 1 aliphatic rings. The van der Waals surface area contributed by atoms with E-state index >= 15 is 0 Å². The van der Waals surface area contributed by atoms with Gasteiger partial charge >= 0.3 is 0 Å². The molecule has 0 spiro atoms. The van der Waals surface area contributed by atoms with Crippen molar-refractivity contribution in [1.82, 2.24) is 5.32 Å². The smallest absolute Gasteiger partial charge is 0.0672 e. The van der Waals surface area contributed by atoms with Crippen LogP contribution in [0.2, 0.25) is 0 Å². The number of hydrogen-bond acceptors (Lipinski definition) is 2. The summed E-state index contributed by atoms with van der Waals surface area (Å²) < 4.78 is 0. The van der Waals surface area contributed by atoms with Gasteiger partial charge in [0.15, 0.2) is 0 Å².